The lowest BCUT2D eigenvalue weighted by molar-refractivity contribution is -0.117. The SMILES string of the molecule is CC(=O)CC(C)Cc1c(F)cccc1Cl. The average molecular weight is 229 g/mol. The van der Waals surface area contributed by atoms with E-state index in [1.807, 2.05) is 6.92 Å². The lowest BCUT2D eigenvalue weighted by atomic mass is 9.96. The van der Waals surface area contributed by atoms with Crippen molar-refractivity contribution in [2.24, 2.45) is 5.92 Å². The molecule has 0 radical (unpaired) electrons. The van der Waals surface area contributed by atoms with Crippen molar-refractivity contribution in [1.82, 2.24) is 0 Å². The smallest absolute Gasteiger partial charge is 0.130 e. The van der Waals surface area contributed by atoms with E-state index in [0.717, 1.165) is 0 Å². The molecular formula is C12H14ClFO. The van der Waals surface area contributed by atoms with Gasteiger partial charge < -0.3 is 4.79 Å². The molecule has 3 heteroatoms. The zero-order valence-electron chi connectivity index (χ0n) is 8.89. The van der Waals surface area contributed by atoms with Crippen LogP contribution in [0.2, 0.25) is 5.02 Å². The molecule has 0 heterocycles. The van der Waals surface area contributed by atoms with E-state index in [1.54, 1.807) is 19.1 Å². The zero-order chi connectivity index (χ0) is 11.4. The molecule has 0 aliphatic carbocycles. The van der Waals surface area contributed by atoms with Gasteiger partial charge >= 0.3 is 0 Å². The zero-order valence-corrected chi connectivity index (χ0v) is 9.64. The first-order valence-corrected chi connectivity index (χ1v) is 5.31. The number of carbonyl (C=O) groups is 1. The number of hydrogen-bond acceptors (Lipinski definition) is 1. The summed E-state index contributed by atoms with van der Waals surface area (Å²) in [7, 11) is 0. The standard InChI is InChI=1S/C12H14ClFO/c1-8(6-9(2)15)7-10-11(13)4-3-5-12(10)14/h3-5,8H,6-7H2,1-2H3. The minimum Gasteiger partial charge on any atom is -0.300 e. The summed E-state index contributed by atoms with van der Waals surface area (Å²) in [6.07, 6.45) is 0.968. The van der Waals surface area contributed by atoms with Gasteiger partial charge in [0.25, 0.3) is 0 Å². The van der Waals surface area contributed by atoms with E-state index in [-0.39, 0.29) is 17.5 Å². The van der Waals surface area contributed by atoms with E-state index < -0.39 is 0 Å². The maximum atomic E-state index is 13.4. The summed E-state index contributed by atoms with van der Waals surface area (Å²) in [6, 6.07) is 4.64. The molecule has 0 saturated carbocycles. The van der Waals surface area contributed by atoms with Crippen LogP contribution in [0.15, 0.2) is 18.2 Å². The van der Waals surface area contributed by atoms with E-state index in [4.69, 9.17) is 11.6 Å². The number of Topliss-reactive ketones (excluding diaryl/α,β-unsaturated/α-hetero) is 1. The summed E-state index contributed by atoms with van der Waals surface area (Å²) in [5.41, 5.74) is 0.507. The van der Waals surface area contributed by atoms with Crippen LogP contribution in [-0.2, 0) is 11.2 Å². The Morgan fingerprint density at radius 3 is 2.73 bits per heavy atom. The van der Waals surface area contributed by atoms with Crippen molar-refractivity contribution in [3.63, 3.8) is 0 Å². The summed E-state index contributed by atoms with van der Waals surface area (Å²) in [4.78, 5) is 10.9. The third kappa shape index (κ3) is 3.63. The van der Waals surface area contributed by atoms with Crippen molar-refractivity contribution in [1.29, 1.82) is 0 Å². The van der Waals surface area contributed by atoms with E-state index >= 15 is 0 Å². The van der Waals surface area contributed by atoms with Crippen LogP contribution >= 0.6 is 11.6 Å². The highest BCUT2D eigenvalue weighted by Crippen LogP contribution is 2.23. The van der Waals surface area contributed by atoms with Gasteiger partial charge in [0.15, 0.2) is 0 Å². The van der Waals surface area contributed by atoms with Crippen molar-refractivity contribution in [2.45, 2.75) is 26.7 Å². The second kappa shape index (κ2) is 5.26. The minimum absolute atomic E-state index is 0.120. The Morgan fingerprint density at radius 1 is 1.53 bits per heavy atom. The van der Waals surface area contributed by atoms with Crippen LogP contribution in [0.25, 0.3) is 0 Å². The molecule has 0 N–H and O–H groups in total. The first-order chi connectivity index (χ1) is 7.00. The molecule has 82 valence electrons. The lowest BCUT2D eigenvalue weighted by Crippen LogP contribution is -2.06. The van der Waals surface area contributed by atoms with Crippen molar-refractivity contribution in [3.05, 3.63) is 34.6 Å². The van der Waals surface area contributed by atoms with Crippen LogP contribution in [0.5, 0.6) is 0 Å². The first kappa shape index (κ1) is 12.2. The Hall–Kier alpha value is -0.890. The van der Waals surface area contributed by atoms with E-state index in [1.165, 1.54) is 6.07 Å². The largest absolute Gasteiger partial charge is 0.300 e. The number of benzene rings is 1. The lowest BCUT2D eigenvalue weighted by Gasteiger charge is -2.11. The van der Waals surface area contributed by atoms with E-state index in [9.17, 15) is 9.18 Å². The normalized spacial score (nSPS) is 12.5. The molecule has 15 heavy (non-hydrogen) atoms. The molecule has 0 aromatic heterocycles. The van der Waals surface area contributed by atoms with Gasteiger partial charge in [0.05, 0.1) is 0 Å². The van der Waals surface area contributed by atoms with Crippen LogP contribution < -0.4 is 0 Å². The third-order valence-electron chi connectivity index (χ3n) is 2.25. The van der Waals surface area contributed by atoms with E-state index in [2.05, 4.69) is 0 Å². The molecule has 0 aliphatic rings. The molecule has 1 atom stereocenters. The summed E-state index contributed by atoms with van der Waals surface area (Å²) in [6.45, 7) is 3.46. The molecule has 1 nitrogen and oxygen atoms in total. The van der Waals surface area contributed by atoms with Gasteiger partial charge in [0.1, 0.15) is 11.6 Å². The predicted molar refractivity (Wildman–Crippen MR) is 59.6 cm³/mol. The molecule has 0 saturated heterocycles. The Bertz CT molecular complexity index is 342. The molecule has 0 bridgehead atoms. The van der Waals surface area contributed by atoms with Gasteiger partial charge in [0.2, 0.25) is 0 Å². The van der Waals surface area contributed by atoms with Gasteiger partial charge in [-0.3, -0.25) is 0 Å². The number of ketones is 1. The van der Waals surface area contributed by atoms with Crippen LogP contribution in [0.1, 0.15) is 25.8 Å². The Morgan fingerprint density at radius 2 is 2.20 bits per heavy atom. The number of carbonyl (C=O) groups excluding carboxylic acids is 1. The summed E-state index contributed by atoms with van der Waals surface area (Å²) >= 11 is 5.89. The summed E-state index contributed by atoms with van der Waals surface area (Å²) in [5.74, 6) is -0.0511. The van der Waals surface area contributed by atoms with Crippen LogP contribution in [0, 0.1) is 11.7 Å². The van der Waals surface area contributed by atoms with Crippen molar-refractivity contribution >= 4 is 17.4 Å². The fraction of sp³-hybridized carbons (Fsp3) is 0.417. The second-order valence-electron chi connectivity index (χ2n) is 3.92. The molecule has 1 unspecified atom stereocenters. The van der Waals surface area contributed by atoms with Gasteiger partial charge in [0, 0.05) is 17.0 Å². The molecule has 1 rings (SSSR count). The molecule has 0 spiro atoms. The number of hydrogen-bond donors (Lipinski definition) is 0. The Labute approximate surface area is 94.3 Å². The number of halogens is 2. The number of rotatable bonds is 4. The van der Waals surface area contributed by atoms with Gasteiger partial charge in [-0.1, -0.05) is 24.6 Å². The Balaban J connectivity index is 2.76. The average Bonchev–Trinajstić information content (AvgIpc) is 2.10. The molecule has 0 fully saturated rings. The van der Waals surface area contributed by atoms with Crippen LogP contribution in [0.4, 0.5) is 4.39 Å². The fourth-order valence-electron chi connectivity index (χ4n) is 1.64. The monoisotopic (exact) mass is 228 g/mol. The summed E-state index contributed by atoms with van der Waals surface area (Å²) in [5, 5.41) is 0.436. The highest BCUT2D eigenvalue weighted by atomic mass is 35.5. The Kier molecular flexibility index (Phi) is 4.28. The molecular weight excluding hydrogens is 215 g/mol. The highest BCUT2D eigenvalue weighted by Gasteiger charge is 2.12. The minimum atomic E-state index is -0.294. The predicted octanol–water partition coefficient (Wildman–Crippen LogP) is 3.64. The van der Waals surface area contributed by atoms with Gasteiger partial charge in [-0.15, -0.1) is 0 Å². The second-order valence-corrected chi connectivity index (χ2v) is 4.32. The third-order valence-corrected chi connectivity index (χ3v) is 2.60. The molecule has 1 aromatic carbocycles. The maximum absolute atomic E-state index is 13.4. The summed E-state index contributed by atoms with van der Waals surface area (Å²) < 4.78 is 13.4. The highest BCUT2D eigenvalue weighted by molar-refractivity contribution is 6.31. The quantitative estimate of drug-likeness (QED) is 0.769. The van der Waals surface area contributed by atoms with Crippen molar-refractivity contribution < 1.29 is 9.18 Å². The van der Waals surface area contributed by atoms with Crippen molar-refractivity contribution in [3.8, 4) is 0 Å². The topological polar surface area (TPSA) is 17.1 Å². The van der Waals surface area contributed by atoms with Crippen LogP contribution in [0.3, 0.4) is 0 Å². The molecule has 1 aromatic rings. The van der Waals surface area contributed by atoms with Crippen molar-refractivity contribution in [2.75, 3.05) is 0 Å². The van der Waals surface area contributed by atoms with Gasteiger partial charge in [-0.25, -0.2) is 4.39 Å². The molecule has 0 aliphatic heterocycles. The maximum Gasteiger partial charge on any atom is 0.130 e. The van der Waals surface area contributed by atoms with Gasteiger partial charge in [-0.2, -0.15) is 0 Å². The van der Waals surface area contributed by atoms with Gasteiger partial charge in [-0.05, 0) is 31.4 Å². The molecule has 0 amide bonds. The fourth-order valence-corrected chi connectivity index (χ4v) is 1.88. The first-order valence-electron chi connectivity index (χ1n) is 4.93. The van der Waals surface area contributed by atoms with Crippen LogP contribution in [-0.4, -0.2) is 5.78 Å². The van der Waals surface area contributed by atoms with E-state index in [0.29, 0.717) is 23.4 Å².